The van der Waals surface area contributed by atoms with Gasteiger partial charge in [-0.05, 0) is 30.6 Å². The number of carboxylic acid groups (broad SMARTS) is 1. The van der Waals surface area contributed by atoms with E-state index in [1.54, 1.807) is 19.4 Å². The van der Waals surface area contributed by atoms with E-state index in [9.17, 15) is 14.7 Å². The number of thioether (sulfide) groups is 1. The number of hydrogen-bond donors (Lipinski definition) is 2. The van der Waals surface area contributed by atoms with E-state index in [1.807, 2.05) is 24.5 Å². The molecule has 8 heteroatoms. The summed E-state index contributed by atoms with van der Waals surface area (Å²) in [6.45, 7) is 0. The number of rotatable bonds is 8. The largest absolute Gasteiger partial charge is 0.494 e. The standard InChI is InChI=1S/C16H19N3O4S/c1-23-14-6-4-3-5-13(14)19-10-11(9-17-19)15(20)18-12(16(21)22)7-8-24-2/h3-6,9-10,12H,7-8H2,1-2H3,(H,18,20)(H,21,22)/t12-/m1/s1. The number of amides is 1. The first kappa shape index (κ1) is 17.9. The van der Waals surface area contributed by atoms with E-state index >= 15 is 0 Å². The Labute approximate surface area is 144 Å². The van der Waals surface area contributed by atoms with Crippen LogP contribution in [0.25, 0.3) is 5.69 Å². The summed E-state index contributed by atoms with van der Waals surface area (Å²) in [6, 6.07) is 6.36. The maximum atomic E-state index is 12.3. The molecular weight excluding hydrogens is 330 g/mol. The maximum Gasteiger partial charge on any atom is 0.326 e. The molecule has 2 N–H and O–H groups in total. The van der Waals surface area contributed by atoms with Gasteiger partial charge in [0.2, 0.25) is 0 Å². The number of aromatic nitrogens is 2. The van der Waals surface area contributed by atoms with Crippen molar-refractivity contribution in [3.63, 3.8) is 0 Å². The van der Waals surface area contributed by atoms with Crippen LogP contribution in [0, 0.1) is 0 Å². The second-order valence-corrected chi connectivity index (χ2v) is 5.98. The third-order valence-electron chi connectivity index (χ3n) is 3.39. The summed E-state index contributed by atoms with van der Waals surface area (Å²) in [5, 5.41) is 15.9. The summed E-state index contributed by atoms with van der Waals surface area (Å²) in [5.74, 6) is -0.243. The lowest BCUT2D eigenvalue weighted by Crippen LogP contribution is -2.41. The highest BCUT2D eigenvalue weighted by Crippen LogP contribution is 2.21. The van der Waals surface area contributed by atoms with Gasteiger partial charge in [0.25, 0.3) is 5.91 Å². The minimum Gasteiger partial charge on any atom is -0.494 e. The van der Waals surface area contributed by atoms with Crippen molar-refractivity contribution in [3.8, 4) is 11.4 Å². The number of aliphatic carboxylic acids is 1. The highest BCUT2D eigenvalue weighted by atomic mass is 32.2. The quantitative estimate of drug-likeness (QED) is 0.755. The topological polar surface area (TPSA) is 93.5 Å². The van der Waals surface area contributed by atoms with E-state index in [4.69, 9.17) is 4.74 Å². The molecule has 7 nitrogen and oxygen atoms in total. The van der Waals surface area contributed by atoms with Crippen LogP contribution in [0.5, 0.6) is 5.75 Å². The summed E-state index contributed by atoms with van der Waals surface area (Å²) in [6.07, 6.45) is 5.19. The van der Waals surface area contributed by atoms with Crippen LogP contribution in [-0.4, -0.2) is 51.9 Å². The molecule has 0 saturated carbocycles. The molecule has 128 valence electrons. The molecule has 0 radical (unpaired) electrons. The number of benzene rings is 1. The van der Waals surface area contributed by atoms with Gasteiger partial charge >= 0.3 is 5.97 Å². The lowest BCUT2D eigenvalue weighted by Gasteiger charge is -2.13. The Morgan fingerprint density at radius 2 is 2.17 bits per heavy atom. The molecule has 0 aliphatic carbocycles. The van der Waals surface area contributed by atoms with Crippen molar-refractivity contribution in [2.45, 2.75) is 12.5 Å². The smallest absolute Gasteiger partial charge is 0.326 e. The molecule has 0 saturated heterocycles. The van der Waals surface area contributed by atoms with Gasteiger partial charge in [-0.15, -0.1) is 0 Å². The van der Waals surface area contributed by atoms with Crippen molar-refractivity contribution >= 4 is 23.6 Å². The Kier molecular flexibility index (Phi) is 6.25. The van der Waals surface area contributed by atoms with E-state index in [-0.39, 0.29) is 5.56 Å². The molecule has 1 heterocycles. The van der Waals surface area contributed by atoms with Crippen LogP contribution in [-0.2, 0) is 4.79 Å². The number of nitrogens with zero attached hydrogens (tertiary/aromatic N) is 2. The van der Waals surface area contributed by atoms with Crippen LogP contribution in [0.2, 0.25) is 0 Å². The van der Waals surface area contributed by atoms with E-state index < -0.39 is 17.9 Å². The molecule has 0 spiro atoms. The first-order valence-corrected chi connectivity index (χ1v) is 8.67. The highest BCUT2D eigenvalue weighted by Gasteiger charge is 2.21. The fourth-order valence-electron chi connectivity index (χ4n) is 2.13. The van der Waals surface area contributed by atoms with E-state index in [0.29, 0.717) is 23.6 Å². The second kappa shape index (κ2) is 8.39. The van der Waals surface area contributed by atoms with Crippen molar-refractivity contribution in [2.75, 3.05) is 19.1 Å². The Bertz CT molecular complexity index is 717. The normalized spacial score (nSPS) is 11.8. The molecule has 0 bridgehead atoms. The van der Waals surface area contributed by atoms with Crippen molar-refractivity contribution in [1.29, 1.82) is 0 Å². The Morgan fingerprint density at radius 3 is 2.83 bits per heavy atom. The van der Waals surface area contributed by atoms with Crippen LogP contribution in [0.15, 0.2) is 36.7 Å². The molecule has 0 aliphatic rings. The lowest BCUT2D eigenvalue weighted by atomic mass is 10.2. The molecule has 1 aromatic carbocycles. The van der Waals surface area contributed by atoms with Crippen LogP contribution < -0.4 is 10.1 Å². The molecule has 1 atom stereocenters. The molecule has 0 aliphatic heterocycles. The molecule has 1 amide bonds. The van der Waals surface area contributed by atoms with Gasteiger partial charge in [0.1, 0.15) is 17.5 Å². The Balaban J connectivity index is 2.14. The summed E-state index contributed by atoms with van der Waals surface area (Å²) < 4.78 is 6.79. The van der Waals surface area contributed by atoms with Gasteiger partial charge in [0, 0.05) is 6.20 Å². The van der Waals surface area contributed by atoms with Gasteiger partial charge in [-0.1, -0.05) is 12.1 Å². The predicted octanol–water partition coefficient (Wildman–Crippen LogP) is 1.82. The molecule has 2 aromatic rings. The molecular formula is C16H19N3O4S. The number of carboxylic acids is 1. The van der Waals surface area contributed by atoms with Gasteiger partial charge < -0.3 is 15.2 Å². The Hall–Kier alpha value is -2.48. The van der Waals surface area contributed by atoms with E-state index in [2.05, 4.69) is 10.4 Å². The second-order valence-electron chi connectivity index (χ2n) is 4.99. The minimum absolute atomic E-state index is 0.288. The van der Waals surface area contributed by atoms with Crippen molar-refractivity contribution in [2.24, 2.45) is 0 Å². The summed E-state index contributed by atoms with van der Waals surface area (Å²) in [5.41, 5.74) is 0.979. The molecule has 2 rings (SSSR count). The monoisotopic (exact) mass is 349 g/mol. The van der Waals surface area contributed by atoms with Crippen LogP contribution in [0.1, 0.15) is 16.8 Å². The molecule has 24 heavy (non-hydrogen) atoms. The predicted molar refractivity (Wildman–Crippen MR) is 92.0 cm³/mol. The first-order valence-electron chi connectivity index (χ1n) is 7.27. The molecule has 0 fully saturated rings. The van der Waals surface area contributed by atoms with Gasteiger partial charge in [-0.25, -0.2) is 9.48 Å². The van der Waals surface area contributed by atoms with Crippen LogP contribution >= 0.6 is 11.8 Å². The van der Waals surface area contributed by atoms with Gasteiger partial charge in [0.15, 0.2) is 0 Å². The number of para-hydroxylation sites is 2. The van der Waals surface area contributed by atoms with Crippen LogP contribution in [0.3, 0.4) is 0 Å². The summed E-state index contributed by atoms with van der Waals surface area (Å²) >= 11 is 1.53. The minimum atomic E-state index is -1.05. The number of methoxy groups -OCH3 is 1. The van der Waals surface area contributed by atoms with Gasteiger partial charge in [-0.2, -0.15) is 16.9 Å². The fraction of sp³-hybridized carbons (Fsp3) is 0.312. The first-order chi connectivity index (χ1) is 11.6. The number of carbonyl (C=O) groups is 2. The SMILES string of the molecule is COc1ccccc1-n1cc(C(=O)N[C@H](CCSC)C(=O)O)cn1. The van der Waals surface area contributed by atoms with E-state index in [1.165, 1.54) is 22.6 Å². The van der Waals surface area contributed by atoms with Crippen molar-refractivity contribution in [1.82, 2.24) is 15.1 Å². The molecule has 0 unspecified atom stereocenters. The summed E-state index contributed by atoms with van der Waals surface area (Å²) in [4.78, 5) is 23.5. The zero-order valence-corrected chi connectivity index (χ0v) is 14.2. The number of hydrogen-bond acceptors (Lipinski definition) is 5. The number of nitrogens with one attached hydrogen (secondary N) is 1. The van der Waals surface area contributed by atoms with Gasteiger partial charge in [-0.3, -0.25) is 4.79 Å². The zero-order valence-electron chi connectivity index (χ0n) is 13.4. The zero-order chi connectivity index (χ0) is 17.5. The fourth-order valence-corrected chi connectivity index (χ4v) is 2.60. The average Bonchev–Trinajstić information content (AvgIpc) is 3.08. The van der Waals surface area contributed by atoms with Gasteiger partial charge in [0.05, 0.1) is 18.9 Å². The lowest BCUT2D eigenvalue weighted by molar-refractivity contribution is -0.139. The third-order valence-corrected chi connectivity index (χ3v) is 4.03. The highest BCUT2D eigenvalue weighted by molar-refractivity contribution is 7.98. The van der Waals surface area contributed by atoms with E-state index in [0.717, 1.165) is 0 Å². The molecule has 1 aromatic heterocycles. The number of carbonyl (C=O) groups excluding carboxylic acids is 1. The average molecular weight is 349 g/mol. The number of ether oxygens (including phenoxy) is 1. The third kappa shape index (κ3) is 4.29. The Morgan fingerprint density at radius 1 is 1.42 bits per heavy atom. The van der Waals surface area contributed by atoms with Crippen LogP contribution in [0.4, 0.5) is 0 Å². The summed E-state index contributed by atoms with van der Waals surface area (Å²) in [7, 11) is 1.55. The van der Waals surface area contributed by atoms with Crippen molar-refractivity contribution in [3.05, 3.63) is 42.2 Å². The maximum absolute atomic E-state index is 12.3. The van der Waals surface area contributed by atoms with Crippen molar-refractivity contribution < 1.29 is 19.4 Å².